The minimum Gasteiger partial charge on any atom is -0.481 e. The average Bonchev–Trinajstić information content (AvgIpc) is 2.34. The molecule has 2 atom stereocenters. The molecule has 2 nitrogen and oxygen atoms in total. The highest BCUT2D eigenvalue weighted by Gasteiger charge is 2.30. The maximum atomic E-state index is 11.3. The van der Waals surface area contributed by atoms with Crippen LogP contribution in [0, 0.1) is 25.7 Å². The topological polar surface area (TPSA) is 37.3 Å². The molecule has 2 unspecified atom stereocenters. The number of carboxylic acids is 1. The van der Waals surface area contributed by atoms with Gasteiger partial charge in [-0.2, -0.15) is 0 Å². The molecule has 0 saturated heterocycles. The van der Waals surface area contributed by atoms with Gasteiger partial charge in [-0.1, -0.05) is 36.6 Å². The maximum Gasteiger partial charge on any atom is 0.306 e. The van der Waals surface area contributed by atoms with Gasteiger partial charge in [0.05, 0.1) is 5.92 Å². The highest BCUT2D eigenvalue weighted by Crippen LogP contribution is 2.33. The van der Waals surface area contributed by atoms with Crippen LogP contribution >= 0.6 is 0 Å². The summed E-state index contributed by atoms with van der Waals surface area (Å²) in [5, 5.41) is 9.31. The predicted molar refractivity (Wildman–Crippen MR) is 72.7 cm³/mol. The average molecular weight is 246 g/mol. The molecule has 0 aliphatic heterocycles. The molecule has 0 bridgehead atoms. The highest BCUT2D eigenvalue weighted by atomic mass is 16.4. The van der Waals surface area contributed by atoms with Crippen LogP contribution < -0.4 is 0 Å². The second-order valence-corrected chi connectivity index (χ2v) is 5.62. The van der Waals surface area contributed by atoms with Crippen LogP contribution in [0.25, 0.3) is 0 Å². The van der Waals surface area contributed by atoms with Crippen molar-refractivity contribution in [1.82, 2.24) is 0 Å². The van der Waals surface area contributed by atoms with E-state index in [0.717, 1.165) is 25.7 Å². The van der Waals surface area contributed by atoms with Crippen molar-refractivity contribution in [2.24, 2.45) is 11.8 Å². The predicted octanol–water partition coefficient (Wildman–Crippen LogP) is 3.74. The second-order valence-electron chi connectivity index (χ2n) is 5.62. The molecule has 1 fully saturated rings. The molecule has 1 aromatic rings. The van der Waals surface area contributed by atoms with E-state index in [2.05, 4.69) is 32.0 Å². The second kappa shape index (κ2) is 5.55. The monoisotopic (exact) mass is 246 g/mol. The molecule has 18 heavy (non-hydrogen) atoms. The van der Waals surface area contributed by atoms with Crippen molar-refractivity contribution in [3.63, 3.8) is 0 Å². The fourth-order valence-electron chi connectivity index (χ4n) is 3.08. The summed E-state index contributed by atoms with van der Waals surface area (Å²) in [7, 11) is 0. The Labute approximate surface area is 109 Å². The van der Waals surface area contributed by atoms with E-state index in [0.29, 0.717) is 5.92 Å². The lowest BCUT2D eigenvalue weighted by atomic mass is 9.75. The molecule has 1 aromatic carbocycles. The standard InChI is InChI=1S/C16H22O2/c1-11-7-8-12(2)14(9-11)10-13-5-3-4-6-15(13)16(17)18/h7-9,13,15H,3-6,10H2,1-2H3,(H,17,18). The number of benzene rings is 1. The van der Waals surface area contributed by atoms with Gasteiger partial charge in [0.2, 0.25) is 0 Å². The largest absolute Gasteiger partial charge is 0.481 e. The van der Waals surface area contributed by atoms with Crippen molar-refractivity contribution in [3.05, 3.63) is 34.9 Å². The number of rotatable bonds is 3. The first kappa shape index (κ1) is 13.1. The van der Waals surface area contributed by atoms with Gasteiger partial charge in [0.25, 0.3) is 0 Å². The van der Waals surface area contributed by atoms with Crippen molar-refractivity contribution >= 4 is 5.97 Å². The van der Waals surface area contributed by atoms with Crippen LogP contribution in [0.3, 0.4) is 0 Å². The minimum atomic E-state index is -0.606. The van der Waals surface area contributed by atoms with Crippen LogP contribution in [-0.2, 0) is 11.2 Å². The highest BCUT2D eigenvalue weighted by molar-refractivity contribution is 5.70. The molecule has 0 aromatic heterocycles. The van der Waals surface area contributed by atoms with Crippen molar-refractivity contribution in [1.29, 1.82) is 0 Å². The number of aliphatic carboxylic acids is 1. The molecule has 1 N–H and O–H groups in total. The molecule has 1 aliphatic carbocycles. The van der Waals surface area contributed by atoms with Gasteiger partial charge in [-0.25, -0.2) is 0 Å². The summed E-state index contributed by atoms with van der Waals surface area (Å²) in [5.74, 6) is -0.430. The molecule has 2 heteroatoms. The van der Waals surface area contributed by atoms with Gasteiger partial charge in [0.1, 0.15) is 0 Å². The minimum absolute atomic E-state index is 0.140. The molecule has 0 amide bonds. The van der Waals surface area contributed by atoms with Crippen LogP contribution in [-0.4, -0.2) is 11.1 Å². The molecule has 1 saturated carbocycles. The van der Waals surface area contributed by atoms with E-state index in [4.69, 9.17) is 0 Å². The van der Waals surface area contributed by atoms with E-state index in [1.807, 2.05) is 0 Å². The smallest absolute Gasteiger partial charge is 0.306 e. The zero-order valence-corrected chi connectivity index (χ0v) is 11.3. The van der Waals surface area contributed by atoms with Gasteiger partial charge in [-0.05, 0) is 50.2 Å². The first-order chi connectivity index (χ1) is 8.58. The molecule has 0 radical (unpaired) electrons. The Morgan fingerprint density at radius 1 is 1.28 bits per heavy atom. The molecule has 0 spiro atoms. The Bertz CT molecular complexity index is 437. The van der Waals surface area contributed by atoms with E-state index < -0.39 is 5.97 Å². The lowest BCUT2D eigenvalue weighted by Gasteiger charge is -2.29. The van der Waals surface area contributed by atoms with E-state index >= 15 is 0 Å². The quantitative estimate of drug-likeness (QED) is 0.882. The summed E-state index contributed by atoms with van der Waals surface area (Å²) in [5.41, 5.74) is 3.88. The van der Waals surface area contributed by atoms with Crippen molar-refractivity contribution in [2.45, 2.75) is 46.0 Å². The van der Waals surface area contributed by atoms with Gasteiger partial charge in [0.15, 0.2) is 0 Å². The molecular weight excluding hydrogens is 224 g/mol. The van der Waals surface area contributed by atoms with E-state index in [9.17, 15) is 9.90 Å². The summed E-state index contributed by atoms with van der Waals surface area (Å²) in [6.07, 6.45) is 5.08. The number of hydrogen-bond donors (Lipinski definition) is 1. The van der Waals surface area contributed by atoms with Crippen LogP contribution in [0.15, 0.2) is 18.2 Å². The van der Waals surface area contributed by atoms with Crippen LogP contribution in [0.2, 0.25) is 0 Å². The first-order valence-electron chi connectivity index (χ1n) is 6.87. The van der Waals surface area contributed by atoms with E-state index in [1.165, 1.54) is 23.1 Å². The lowest BCUT2D eigenvalue weighted by Crippen LogP contribution is -2.28. The Morgan fingerprint density at radius 3 is 2.72 bits per heavy atom. The Kier molecular flexibility index (Phi) is 4.05. The molecular formula is C16H22O2. The summed E-state index contributed by atoms with van der Waals surface area (Å²) >= 11 is 0. The van der Waals surface area contributed by atoms with Crippen LogP contribution in [0.5, 0.6) is 0 Å². The molecule has 1 aliphatic rings. The van der Waals surface area contributed by atoms with Gasteiger partial charge in [-0.3, -0.25) is 4.79 Å². The number of carbonyl (C=O) groups is 1. The van der Waals surface area contributed by atoms with Gasteiger partial charge in [0, 0.05) is 0 Å². The van der Waals surface area contributed by atoms with Crippen LogP contribution in [0.1, 0.15) is 42.4 Å². The maximum absolute atomic E-state index is 11.3. The fourth-order valence-corrected chi connectivity index (χ4v) is 3.08. The summed E-state index contributed by atoms with van der Waals surface area (Å²) in [6.45, 7) is 4.21. The van der Waals surface area contributed by atoms with Gasteiger partial charge in [-0.15, -0.1) is 0 Å². The van der Waals surface area contributed by atoms with E-state index in [1.54, 1.807) is 0 Å². The third kappa shape index (κ3) is 2.92. The summed E-state index contributed by atoms with van der Waals surface area (Å²) in [4.78, 5) is 11.3. The molecule has 0 heterocycles. The summed E-state index contributed by atoms with van der Waals surface area (Å²) < 4.78 is 0. The summed E-state index contributed by atoms with van der Waals surface area (Å²) in [6, 6.07) is 6.47. The third-order valence-corrected chi connectivity index (χ3v) is 4.21. The van der Waals surface area contributed by atoms with Crippen LogP contribution in [0.4, 0.5) is 0 Å². The number of carboxylic acid groups (broad SMARTS) is 1. The zero-order valence-electron chi connectivity index (χ0n) is 11.3. The lowest BCUT2D eigenvalue weighted by molar-refractivity contribution is -0.144. The number of hydrogen-bond acceptors (Lipinski definition) is 1. The van der Waals surface area contributed by atoms with Crippen molar-refractivity contribution in [2.75, 3.05) is 0 Å². The van der Waals surface area contributed by atoms with E-state index in [-0.39, 0.29) is 5.92 Å². The zero-order chi connectivity index (χ0) is 13.1. The SMILES string of the molecule is Cc1ccc(C)c(CC2CCCCC2C(=O)O)c1. The number of aryl methyl sites for hydroxylation is 2. The van der Waals surface area contributed by atoms with Crippen molar-refractivity contribution < 1.29 is 9.90 Å². The van der Waals surface area contributed by atoms with Crippen molar-refractivity contribution in [3.8, 4) is 0 Å². The Balaban J connectivity index is 2.15. The molecule has 98 valence electrons. The Morgan fingerprint density at radius 2 is 2.00 bits per heavy atom. The molecule has 2 rings (SSSR count). The van der Waals surface area contributed by atoms with Gasteiger partial charge < -0.3 is 5.11 Å². The first-order valence-corrected chi connectivity index (χ1v) is 6.87. The van der Waals surface area contributed by atoms with Gasteiger partial charge >= 0.3 is 5.97 Å². The Hall–Kier alpha value is -1.31. The normalized spacial score (nSPS) is 23.9. The third-order valence-electron chi connectivity index (χ3n) is 4.21. The fraction of sp³-hybridized carbons (Fsp3) is 0.562.